The van der Waals surface area contributed by atoms with Crippen molar-refractivity contribution in [2.24, 2.45) is 0 Å². The lowest BCUT2D eigenvalue weighted by atomic mass is 10.1. The minimum atomic E-state index is -4.39. The molecule has 3 heterocycles. The predicted molar refractivity (Wildman–Crippen MR) is 168 cm³/mol. The van der Waals surface area contributed by atoms with Crippen molar-refractivity contribution >= 4 is 53.1 Å². The summed E-state index contributed by atoms with van der Waals surface area (Å²) in [6, 6.07) is 20.4. The number of anilines is 1. The number of fused-ring (bicyclic) bond motifs is 2. The van der Waals surface area contributed by atoms with E-state index in [0.29, 0.717) is 5.39 Å². The molecular formula is C30H30ClN6O8P. The number of esters is 1. The summed E-state index contributed by atoms with van der Waals surface area (Å²) in [6.45, 7) is 0.928. The van der Waals surface area contributed by atoms with Gasteiger partial charge in [0.1, 0.15) is 43.0 Å². The Balaban J connectivity index is 1.22. The molecule has 6 rings (SSSR count). The smallest absolute Gasteiger partial charge is 0.459 e. The number of halogens is 1. The largest absolute Gasteiger partial charge is 0.460 e. The number of rotatable bonds is 11. The number of carbonyl (C=O) groups is 1. The maximum atomic E-state index is 14.3. The summed E-state index contributed by atoms with van der Waals surface area (Å²) in [5, 5.41) is 25.8. The van der Waals surface area contributed by atoms with Gasteiger partial charge in [-0.05, 0) is 35.5 Å². The molecule has 6 atom stereocenters. The van der Waals surface area contributed by atoms with Gasteiger partial charge in [-0.25, -0.2) is 19.5 Å². The van der Waals surface area contributed by atoms with Gasteiger partial charge in [-0.15, -0.1) is 0 Å². The highest BCUT2D eigenvalue weighted by Crippen LogP contribution is 2.48. The van der Waals surface area contributed by atoms with Gasteiger partial charge in [-0.1, -0.05) is 66.7 Å². The van der Waals surface area contributed by atoms with E-state index in [1.165, 1.54) is 17.8 Å². The van der Waals surface area contributed by atoms with Crippen LogP contribution in [0.15, 0.2) is 79.1 Å². The van der Waals surface area contributed by atoms with Crippen LogP contribution in [0.4, 0.5) is 5.82 Å². The van der Waals surface area contributed by atoms with Gasteiger partial charge >= 0.3 is 13.7 Å². The number of ether oxygens (including phenoxy) is 2. The minimum Gasteiger partial charge on any atom is -0.460 e. The van der Waals surface area contributed by atoms with Crippen LogP contribution in [0, 0.1) is 0 Å². The van der Waals surface area contributed by atoms with E-state index in [4.69, 9.17) is 35.9 Å². The van der Waals surface area contributed by atoms with Crippen LogP contribution in [-0.2, 0) is 30.0 Å². The highest BCUT2D eigenvalue weighted by molar-refractivity contribution is 7.52. The second kappa shape index (κ2) is 13.3. The van der Waals surface area contributed by atoms with E-state index in [1.807, 2.05) is 36.4 Å². The standard InChI is InChI=1S/C30H30ClN6O8P/c1-17(29(40)42-14-18-8-3-2-4-9-18)36-46(41,45-21-13-7-11-19-10-5-6-12-20(19)21)43-15-22-24(38)25(39)28(44-22)37-27-23(35-30(37)31)26(32)33-16-34-27/h2-13,16-17,22,24-25,28,38-39H,14-15H2,1H3,(H,36,41)(H2,32,33,34)/t17?,22-,24?,25?,28-,46?/m1/s1. The Bertz CT molecular complexity index is 1910. The van der Waals surface area contributed by atoms with Crippen LogP contribution in [0.2, 0.25) is 5.28 Å². The molecular weight excluding hydrogens is 639 g/mol. The molecule has 0 saturated carbocycles. The number of hydrogen-bond donors (Lipinski definition) is 4. The monoisotopic (exact) mass is 668 g/mol. The van der Waals surface area contributed by atoms with Crippen LogP contribution in [-0.4, -0.2) is 66.7 Å². The van der Waals surface area contributed by atoms with E-state index >= 15 is 0 Å². The van der Waals surface area contributed by atoms with E-state index < -0.39 is 50.9 Å². The van der Waals surface area contributed by atoms with Crippen LogP contribution in [0.3, 0.4) is 0 Å². The molecule has 16 heteroatoms. The van der Waals surface area contributed by atoms with E-state index in [0.717, 1.165) is 10.9 Å². The molecule has 1 saturated heterocycles. The number of nitrogens with one attached hydrogen (secondary N) is 1. The van der Waals surface area contributed by atoms with Gasteiger partial charge in [-0.2, -0.15) is 5.09 Å². The van der Waals surface area contributed by atoms with Crippen molar-refractivity contribution in [2.75, 3.05) is 12.3 Å². The van der Waals surface area contributed by atoms with Gasteiger partial charge in [0.25, 0.3) is 0 Å². The van der Waals surface area contributed by atoms with Gasteiger partial charge in [0, 0.05) is 5.39 Å². The van der Waals surface area contributed by atoms with Crippen molar-refractivity contribution in [3.8, 4) is 5.75 Å². The molecule has 46 heavy (non-hydrogen) atoms. The summed E-state index contributed by atoms with van der Waals surface area (Å²) in [5.74, 6) is -0.421. The van der Waals surface area contributed by atoms with Crippen molar-refractivity contribution in [1.29, 1.82) is 0 Å². The van der Waals surface area contributed by atoms with Crippen molar-refractivity contribution in [3.63, 3.8) is 0 Å². The minimum absolute atomic E-state index is 0.00444. The molecule has 0 spiro atoms. The zero-order valence-corrected chi connectivity index (χ0v) is 26.0. The third kappa shape index (κ3) is 6.55. The van der Waals surface area contributed by atoms with Gasteiger partial charge in [0.2, 0.25) is 5.28 Å². The predicted octanol–water partition coefficient (Wildman–Crippen LogP) is 3.76. The van der Waals surface area contributed by atoms with Crippen LogP contribution in [0.5, 0.6) is 5.75 Å². The van der Waals surface area contributed by atoms with Gasteiger partial charge in [0.05, 0.1) is 6.61 Å². The van der Waals surface area contributed by atoms with Gasteiger partial charge in [0.15, 0.2) is 23.2 Å². The fourth-order valence-corrected chi connectivity index (χ4v) is 6.80. The lowest BCUT2D eigenvalue weighted by molar-refractivity contribution is -0.146. The first-order valence-corrected chi connectivity index (χ1v) is 16.1. The number of nitrogens with two attached hydrogens (primary N) is 1. The Labute approximate surface area is 267 Å². The topological polar surface area (TPSA) is 193 Å². The Morgan fingerprint density at radius 1 is 1.09 bits per heavy atom. The summed E-state index contributed by atoms with van der Waals surface area (Å²) < 4.78 is 38.6. The molecule has 240 valence electrons. The molecule has 0 radical (unpaired) electrons. The van der Waals surface area contributed by atoms with E-state index in [2.05, 4.69) is 20.0 Å². The zero-order chi connectivity index (χ0) is 32.4. The van der Waals surface area contributed by atoms with Crippen molar-refractivity contribution < 1.29 is 38.1 Å². The maximum Gasteiger partial charge on any atom is 0.459 e. The lowest BCUT2D eigenvalue weighted by Gasteiger charge is -2.25. The molecule has 5 aromatic rings. The Morgan fingerprint density at radius 2 is 1.83 bits per heavy atom. The normalized spacial score (nSPS) is 21.7. The average Bonchev–Trinajstić information content (AvgIpc) is 3.54. The summed E-state index contributed by atoms with van der Waals surface area (Å²) in [7, 11) is -4.39. The van der Waals surface area contributed by atoms with Gasteiger partial charge in [-0.3, -0.25) is 13.9 Å². The number of aromatic nitrogens is 4. The van der Waals surface area contributed by atoms with Crippen molar-refractivity contribution in [2.45, 2.75) is 44.1 Å². The molecule has 5 N–H and O–H groups in total. The number of aliphatic hydroxyl groups is 2. The zero-order valence-electron chi connectivity index (χ0n) is 24.3. The molecule has 0 amide bonds. The van der Waals surface area contributed by atoms with E-state index in [1.54, 1.807) is 36.4 Å². The molecule has 2 aromatic heterocycles. The third-order valence-electron chi connectivity index (χ3n) is 7.36. The molecule has 1 aliphatic rings. The summed E-state index contributed by atoms with van der Waals surface area (Å²) in [4.78, 5) is 25.1. The molecule has 3 aromatic carbocycles. The van der Waals surface area contributed by atoms with E-state index in [9.17, 15) is 19.6 Å². The lowest BCUT2D eigenvalue weighted by Crippen LogP contribution is -2.37. The number of aliphatic hydroxyl groups excluding tert-OH is 2. The number of imidazole rings is 1. The molecule has 0 bridgehead atoms. The summed E-state index contributed by atoms with van der Waals surface area (Å²) in [6.07, 6.45) is -4.31. The fraction of sp³-hybridized carbons (Fsp3) is 0.267. The average molecular weight is 669 g/mol. The number of benzene rings is 3. The fourth-order valence-electron chi connectivity index (χ4n) is 5.02. The second-order valence-electron chi connectivity index (χ2n) is 10.5. The number of carbonyl (C=O) groups excluding carboxylic acids is 1. The first-order valence-electron chi connectivity index (χ1n) is 14.2. The van der Waals surface area contributed by atoms with Crippen molar-refractivity contribution in [1.82, 2.24) is 24.6 Å². The van der Waals surface area contributed by atoms with Crippen LogP contribution >= 0.6 is 19.3 Å². The molecule has 14 nitrogen and oxygen atoms in total. The molecule has 4 unspecified atom stereocenters. The van der Waals surface area contributed by atoms with Crippen molar-refractivity contribution in [3.05, 3.63) is 90.0 Å². The van der Waals surface area contributed by atoms with Crippen LogP contribution in [0.1, 0.15) is 18.7 Å². The van der Waals surface area contributed by atoms with Gasteiger partial charge < -0.3 is 29.9 Å². The molecule has 1 aliphatic heterocycles. The van der Waals surface area contributed by atoms with Crippen LogP contribution in [0.25, 0.3) is 21.9 Å². The Kier molecular flexibility index (Phi) is 9.20. The SMILES string of the molecule is CC(NP(=O)(OC[C@H]1O[C@@H](n2c(Cl)nc3c(N)ncnc32)C(O)C1O)Oc1cccc2ccccc12)C(=O)OCc1ccccc1. The number of nitrogens with zero attached hydrogens (tertiary/aromatic N) is 4. The second-order valence-corrected chi connectivity index (χ2v) is 12.6. The summed E-state index contributed by atoms with van der Waals surface area (Å²) >= 11 is 6.33. The maximum absolute atomic E-state index is 14.3. The number of nitrogen functional groups attached to an aromatic ring is 1. The molecule has 1 fully saturated rings. The number of hydrogen-bond acceptors (Lipinski definition) is 12. The third-order valence-corrected chi connectivity index (χ3v) is 9.26. The molecule has 0 aliphatic carbocycles. The first kappa shape index (κ1) is 31.8. The van der Waals surface area contributed by atoms with Crippen LogP contribution < -0.4 is 15.3 Å². The Morgan fingerprint density at radius 3 is 2.63 bits per heavy atom. The highest BCUT2D eigenvalue weighted by atomic mass is 35.5. The Hall–Kier alpha value is -4.14. The van der Waals surface area contributed by atoms with E-state index in [-0.39, 0.29) is 34.6 Å². The highest BCUT2D eigenvalue weighted by Gasteiger charge is 2.47. The quantitative estimate of drug-likeness (QED) is 0.0904. The summed E-state index contributed by atoms with van der Waals surface area (Å²) in [5.41, 5.74) is 7.01. The first-order chi connectivity index (χ1) is 22.1.